The summed E-state index contributed by atoms with van der Waals surface area (Å²) in [5.41, 5.74) is 1.78. The second kappa shape index (κ2) is 6.31. The number of amides is 1. The third kappa shape index (κ3) is 2.80. The lowest BCUT2D eigenvalue weighted by atomic mass is 10.1. The first kappa shape index (κ1) is 18.9. The van der Waals surface area contributed by atoms with Crippen LogP contribution in [0.25, 0.3) is 0 Å². The van der Waals surface area contributed by atoms with Gasteiger partial charge in [-0.05, 0) is 49.2 Å². The molecule has 1 saturated heterocycles. The molecule has 0 spiro atoms. The SMILES string of the molecule is C[C@@H]1CS(=O)(=O)N(c2ccc(S(=O)(=O)N3c4ccccc4C[C@@H]3C)cc2)C1=O. The average molecular weight is 421 g/mol. The molecule has 2 heterocycles. The monoisotopic (exact) mass is 420 g/mol. The van der Waals surface area contributed by atoms with Crippen LogP contribution in [0.3, 0.4) is 0 Å². The van der Waals surface area contributed by atoms with Crippen LogP contribution in [-0.4, -0.2) is 34.5 Å². The molecular formula is C19H20N2O5S2. The van der Waals surface area contributed by atoms with Crippen LogP contribution in [0.1, 0.15) is 19.4 Å². The van der Waals surface area contributed by atoms with Gasteiger partial charge in [0.2, 0.25) is 15.9 Å². The Balaban J connectivity index is 1.71. The summed E-state index contributed by atoms with van der Waals surface area (Å²) in [7, 11) is -7.54. The van der Waals surface area contributed by atoms with Gasteiger partial charge in [0.1, 0.15) is 0 Å². The molecule has 7 nitrogen and oxygen atoms in total. The highest BCUT2D eigenvalue weighted by atomic mass is 32.2. The highest BCUT2D eigenvalue weighted by Gasteiger charge is 2.42. The first-order chi connectivity index (χ1) is 13.1. The van der Waals surface area contributed by atoms with Crippen molar-refractivity contribution in [2.75, 3.05) is 14.4 Å². The number of hydrogen-bond donors (Lipinski definition) is 0. The van der Waals surface area contributed by atoms with Crippen LogP contribution in [0.2, 0.25) is 0 Å². The van der Waals surface area contributed by atoms with Crippen LogP contribution in [0.15, 0.2) is 53.4 Å². The molecule has 4 rings (SSSR count). The maximum absolute atomic E-state index is 13.2. The van der Waals surface area contributed by atoms with Crippen molar-refractivity contribution in [3.05, 3.63) is 54.1 Å². The summed E-state index contributed by atoms with van der Waals surface area (Å²) in [6.07, 6.45) is 0.631. The zero-order valence-corrected chi connectivity index (χ0v) is 17.1. The van der Waals surface area contributed by atoms with E-state index in [0.29, 0.717) is 12.1 Å². The molecule has 2 aromatic carbocycles. The van der Waals surface area contributed by atoms with Crippen molar-refractivity contribution < 1.29 is 21.6 Å². The van der Waals surface area contributed by atoms with E-state index in [1.807, 2.05) is 19.1 Å². The molecule has 0 aromatic heterocycles. The maximum atomic E-state index is 13.2. The minimum absolute atomic E-state index is 0.0527. The van der Waals surface area contributed by atoms with E-state index >= 15 is 0 Å². The fraction of sp³-hybridized carbons (Fsp3) is 0.316. The fourth-order valence-corrected chi connectivity index (χ4v) is 7.37. The van der Waals surface area contributed by atoms with Gasteiger partial charge in [-0.3, -0.25) is 9.10 Å². The molecule has 1 amide bonds. The average Bonchev–Trinajstić information content (AvgIpc) is 3.07. The molecule has 0 bridgehead atoms. The summed E-state index contributed by atoms with van der Waals surface area (Å²) < 4.78 is 53.1. The fourth-order valence-electron chi connectivity index (χ4n) is 3.86. The second-order valence-corrected chi connectivity index (χ2v) is 10.9. The number of carbonyl (C=O) groups is 1. The minimum atomic E-state index is -3.81. The predicted octanol–water partition coefficient (Wildman–Crippen LogP) is 2.14. The molecule has 0 N–H and O–H groups in total. The molecular weight excluding hydrogens is 400 g/mol. The molecule has 0 aliphatic carbocycles. The van der Waals surface area contributed by atoms with Gasteiger partial charge in [-0.1, -0.05) is 25.1 Å². The van der Waals surface area contributed by atoms with E-state index in [1.54, 1.807) is 19.1 Å². The number of anilines is 2. The molecule has 2 aliphatic rings. The van der Waals surface area contributed by atoms with Gasteiger partial charge in [-0.2, -0.15) is 0 Å². The van der Waals surface area contributed by atoms with E-state index in [1.165, 1.54) is 28.6 Å². The number of fused-ring (bicyclic) bond motifs is 1. The topological polar surface area (TPSA) is 91.8 Å². The normalized spacial score (nSPS) is 23.9. The van der Waals surface area contributed by atoms with Gasteiger partial charge in [0.25, 0.3) is 10.0 Å². The summed E-state index contributed by atoms with van der Waals surface area (Å²) in [6, 6.07) is 12.6. The van der Waals surface area contributed by atoms with Crippen LogP contribution in [0.5, 0.6) is 0 Å². The number of nitrogens with zero attached hydrogens (tertiary/aromatic N) is 2. The van der Waals surface area contributed by atoms with Gasteiger partial charge in [-0.15, -0.1) is 0 Å². The molecule has 148 valence electrons. The number of carbonyl (C=O) groups excluding carboxylic acids is 1. The summed E-state index contributed by atoms with van der Waals surface area (Å²) in [5, 5.41) is 0. The lowest BCUT2D eigenvalue weighted by Gasteiger charge is -2.25. The summed E-state index contributed by atoms with van der Waals surface area (Å²) in [4.78, 5) is 12.3. The van der Waals surface area contributed by atoms with Crippen molar-refractivity contribution in [1.82, 2.24) is 0 Å². The quantitative estimate of drug-likeness (QED) is 0.759. The molecule has 0 unspecified atom stereocenters. The van der Waals surface area contributed by atoms with Gasteiger partial charge in [0.15, 0.2) is 0 Å². The van der Waals surface area contributed by atoms with E-state index in [-0.39, 0.29) is 22.4 Å². The zero-order valence-electron chi connectivity index (χ0n) is 15.4. The Morgan fingerprint density at radius 3 is 2.25 bits per heavy atom. The molecule has 2 atom stereocenters. The molecule has 9 heteroatoms. The Bertz CT molecular complexity index is 1160. The molecule has 2 aromatic rings. The van der Waals surface area contributed by atoms with Gasteiger partial charge >= 0.3 is 0 Å². The number of rotatable bonds is 3. The maximum Gasteiger partial charge on any atom is 0.264 e. The van der Waals surface area contributed by atoms with Gasteiger partial charge in [0.05, 0.1) is 27.9 Å². The summed E-state index contributed by atoms with van der Waals surface area (Å²) >= 11 is 0. The van der Waals surface area contributed by atoms with Crippen LogP contribution in [-0.2, 0) is 31.3 Å². The van der Waals surface area contributed by atoms with Crippen molar-refractivity contribution in [2.24, 2.45) is 5.92 Å². The van der Waals surface area contributed by atoms with Crippen molar-refractivity contribution in [3.8, 4) is 0 Å². The largest absolute Gasteiger partial charge is 0.273 e. The smallest absolute Gasteiger partial charge is 0.264 e. The Labute approximate surface area is 164 Å². The first-order valence-electron chi connectivity index (χ1n) is 8.92. The van der Waals surface area contributed by atoms with E-state index in [0.717, 1.165) is 9.87 Å². The van der Waals surface area contributed by atoms with Crippen LogP contribution < -0.4 is 8.61 Å². The molecule has 2 aliphatic heterocycles. The summed E-state index contributed by atoms with van der Waals surface area (Å²) in [6.45, 7) is 3.41. The number of benzene rings is 2. The highest BCUT2D eigenvalue weighted by Crippen LogP contribution is 2.37. The molecule has 0 radical (unpaired) electrons. The lowest BCUT2D eigenvalue weighted by Crippen LogP contribution is -2.35. The lowest BCUT2D eigenvalue weighted by molar-refractivity contribution is -0.119. The van der Waals surface area contributed by atoms with Gasteiger partial charge in [-0.25, -0.2) is 21.1 Å². The number of para-hydroxylation sites is 1. The van der Waals surface area contributed by atoms with Crippen molar-refractivity contribution >= 4 is 37.3 Å². The van der Waals surface area contributed by atoms with Crippen molar-refractivity contribution in [2.45, 2.75) is 31.2 Å². The molecule has 0 saturated carbocycles. The third-order valence-corrected chi connectivity index (χ3v) is 8.94. The number of hydrogen-bond acceptors (Lipinski definition) is 5. The van der Waals surface area contributed by atoms with E-state index in [9.17, 15) is 21.6 Å². The second-order valence-electron chi connectivity index (χ2n) is 7.26. The Morgan fingerprint density at radius 2 is 1.64 bits per heavy atom. The Morgan fingerprint density at radius 1 is 1.00 bits per heavy atom. The van der Waals surface area contributed by atoms with Crippen LogP contribution in [0, 0.1) is 5.92 Å². The Kier molecular flexibility index (Phi) is 4.27. The Hall–Kier alpha value is -2.39. The van der Waals surface area contributed by atoms with Crippen molar-refractivity contribution in [1.29, 1.82) is 0 Å². The summed E-state index contributed by atoms with van der Waals surface area (Å²) in [5.74, 6) is -1.36. The van der Waals surface area contributed by atoms with E-state index in [2.05, 4.69) is 0 Å². The van der Waals surface area contributed by atoms with Crippen LogP contribution in [0.4, 0.5) is 11.4 Å². The standard InChI is InChI=1S/C19H20N2O5S2/c1-13-12-27(23,24)21(19(13)22)16-7-9-17(10-8-16)28(25,26)20-14(2)11-15-5-3-4-6-18(15)20/h3-10,13-14H,11-12H2,1-2H3/t13-,14+/m1/s1. The van der Waals surface area contributed by atoms with Crippen LogP contribution >= 0.6 is 0 Å². The predicted molar refractivity (Wildman–Crippen MR) is 106 cm³/mol. The number of sulfonamides is 2. The first-order valence-corrected chi connectivity index (χ1v) is 12.0. The molecule has 28 heavy (non-hydrogen) atoms. The van der Waals surface area contributed by atoms with E-state index < -0.39 is 31.9 Å². The third-order valence-electron chi connectivity index (χ3n) is 5.13. The minimum Gasteiger partial charge on any atom is -0.273 e. The molecule has 1 fully saturated rings. The van der Waals surface area contributed by atoms with Gasteiger partial charge in [0, 0.05) is 6.04 Å². The van der Waals surface area contributed by atoms with E-state index in [4.69, 9.17) is 0 Å². The highest BCUT2D eigenvalue weighted by molar-refractivity contribution is 7.94. The van der Waals surface area contributed by atoms with Crippen molar-refractivity contribution in [3.63, 3.8) is 0 Å². The van der Waals surface area contributed by atoms with Gasteiger partial charge < -0.3 is 0 Å². The zero-order chi connectivity index (χ0) is 20.3.